The molecule has 1 aromatic carbocycles. The average molecular weight is 340 g/mol. The predicted octanol–water partition coefficient (Wildman–Crippen LogP) is 2.17. The molecule has 5 nitrogen and oxygen atoms in total. The van der Waals surface area contributed by atoms with Crippen molar-refractivity contribution >= 4 is 21.9 Å². The van der Waals surface area contributed by atoms with Crippen LogP contribution in [0.1, 0.15) is 6.42 Å². The fourth-order valence-corrected chi connectivity index (χ4v) is 2.61. The Kier molecular flexibility index (Phi) is 3.98. The normalized spacial score (nSPS) is 16.2. The van der Waals surface area contributed by atoms with Gasteiger partial charge in [0.25, 0.3) is 0 Å². The van der Waals surface area contributed by atoms with Crippen molar-refractivity contribution in [3.63, 3.8) is 0 Å². The summed E-state index contributed by atoms with van der Waals surface area (Å²) in [6, 6.07) is 5.13. The molecule has 2 aromatic rings. The van der Waals surface area contributed by atoms with Crippen LogP contribution in [-0.4, -0.2) is 41.4 Å². The molecule has 0 unspecified atom stereocenters. The van der Waals surface area contributed by atoms with Crippen LogP contribution in [0.25, 0.3) is 11.4 Å². The molecule has 0 amide bonds. The van der Waals surface area contributed by atoms with Crippen molar-refractivity contribution in [3.8, 4) is 11.4 Å². The largest absolute Gasteiger partial charge is 0.338 e. The molecular weight excluding hydrogens is 325 g/mol. The summed E-state index contributed by atoms with van der Waals surface area (Å²) in [6.45, 7) is 3.69. The Morgan fingerprint density at radius 2 is 2.15 bits per heavy atom. The highest BCUT2D eigenvalue weighted by atomic mass is 79.9. The van der Waals surface area contributed by atoms with Gasteiger partial charge in [-0.25, -0.2) is 4.39 Å². The molecule has 0 bridgehead atoms. The number of hydrogen-bond acceptors (Lipinski definition) is 4. The minimum atomic E-state index is -0.326. The quantitative estimate of drug-likeness (QED) is 0.880. The number of H-pyrrole nitrogens is 1. The second kappa shape index (κ2) is 5.88. The van der Waals surface area contributed by atoms with Gasteiger partial charge in [-0.15, -0.1) is 5.10 Å². The average Bonchev–Trinajstić information content (AvgIpc) is 2.77. The van der Waals surface area contributed by atoms with E-state index in [1.165, 1.54) is 0 Å². The molecule has 1 fully saturated rings. The molecule has 0 aliphatic carbocycles. The zero-order valence-electron chi connectivity index (χ0n) is 10.9. The van der Waals surface area contributed by atoms with Crippen LogP contribution >= 0.6 is 15.9 Å². The van der Waals surface area contributed by atoms with Crippen LogP contribution in [0.2, 0.25) is 0 Å². The number of aromatic amines is 1. The molecule has 1 aliphatic heterocycles. The SMILES string of the molecule is Fc1c(Br)cccc1-c1nc(N2CCCNCC2)n[nH]1. The van der Waals surface area contributed by atoms with Crippen molar-refractivity contribution in [2.75, 3.05) is 31.1 Å². The van der Waals surface area contributed by atoms with Crippen molar-refractivity contribution in [2.45, 2.75) is 6.42 Å². The summed E-state index contributed by atoms with van der Waals surface area (Å²) >= 11 is 3.18. The fraction of sp³-hybridized carbons (Fsp3) is 0.385. The third-order valence-electron chi connectivity index (χ3n) is 3.30. The van der Waals surface area contributed by atoms with Crippen LogP contribution in [0.5, 0.6) is 0 Å². The Morgan fingerprint density at radius 1 is 1.25 bits per heavy atom. The monoisotopic (exact) mass is 339 g/mol. The third kappa shape index (κ3) is 2.69. The first-order valence-electron chi connectivity index (χ1n) is 6.58. The van der Waals surface area contributed by atoms with Gasteiger partial charge in [0.05, 0.1) is 10.0 Å². The van der Waals surface area contributed by atoms with Gasteiger partial charge in [-0.3, -0.25) is 5.10 Å². The van der Waals surface area contributed by atoms with E-state index in [1.807, 2.05) is 0 Å². The Bertz CT molecular complexity index is 592. The maximum Gasteiger partial charge on any atom is 0.245 e. The van der Waals surface area contributed by atoms with Gasteiger partial charge in [-0.1, -0.05) is 6.07 Å². The second-order valence-corrected chi connectivity index (χ2v) is 5.53. The van der Waals surface area contributed by atoms with E-state index >= 15 is 0 Å². The maximum atomic E-state index is 14.0. The number of benzene rings is 1. The summed E-state index contributed by atoms with van der Waals surface area (Å²) in [6.07, 6.45) is 1.05. The predicted molar refractivity (Wildman–Crippen MR) is 79.2 cm³/mol. The summed E-state index contributed by atoms with van der Waals surface area (Å²) in [5.41, 5.74) is 0.422. The lowest BCUT2D eigenvalue weighted by molar-refractivity contribution is 0.623. The summed E-state index contributed by atoms with van der Waals surface area (Å²) in [5, 5.41) is 10.4. The Balaban J connectivity index is 1.87. The summed E-state index contributed by atoms with van der Waals surface area (Å²) in [4.78, 5) is 6.53. The van der Waals surface area contributed by atoms with Gasteiger partial charge in [0.2, 0.25) is 5.95 Å². The van der Waals surface area contributed by atoms with Crippen LogP contribution in [-0.2, 0) is 0 Å². The topological polar surface area (TPSA) is 56.8 Å². The number of halogens is 2. The first-order chi connectivity index (χ1) is 9.75. The molecule has 0 saturated carbocycles. The first-order valence-corrected chi connectivity index (χ1v) is 7.37. The van der Waals surface area contributed by atoms with E-state index in [9.17, 15) is 4.39 Å². The molecule has 3 rings (SSSR count). The molecule has 1 aliphatic rings. The van der Waals surface area contributed by atoms with E-state index < -0.39 is 0 Å². The van der Waals surface area contributed by atoms with Gasteiger partial charge in [0.15, 0.2) is 5.82 Å². The van der Waals surface area contributed by atoms with Crippen molar-refractivity contribution in [2.24, 2.45) is 0 Å². The zero-order valence-corrected chi connectivity index (χ0v) is 12.5. The van der Waals surface area contributed by atoms with E-state index in [0.29, 0.717) is 21.8 Å². The molecule has 106 valence electrons. The molecular formula is C13H15BrFN5. The standard InChI is InChI=1S/C13H15BrFN5/c14-10-4-1-3-9(11(10)15)12-17-13(19-18-12)20-7-2-5-16-6-8-20/h1,3-4,16H,2,5-8H2,(H,17,18,19). The Morgan fingerprint density at radius 3 is 3.05 bits per heavy atom. The Hall–Kier alpha value is -1.47. The van der Waals surface area contributed by atoms with Crippen LogP contribution in [0.3, 0.4) is 0 Å². The van der Waals surface area contributed by atoms with E-state index in [-0.39, 0.29) is 5.82 Å². The van der Waals surface area contributed by atoms with Gasteiger partial charge in [0.1, 0.15) is 5.82 Å². The minimum Gasteiger partial charge on any atom is -0.338 e. The lowest BCUT2D eigenvalue weighted by Crippen LogP contribution is -2.28. The number of aromatic nitrogens is 3. The van der Waals surface area contributed by atoms with Crippen molar-refractivity contribution in [3.05, 3.63) is 28.5 Å². The highest BCUT2D eigenvalue weighted by molar-refractivity contribution is 9.10. The zero-order chi connectivity index (χ0) is 13.9. The molecule has 7 heteroatoms. The number of hydrogen-bond donors (Lipinski definition) is 2. The summed E-state index contributed by atoms with van der Waals surface area (Å²) in [5.74, 6) is 0.756. The van der Waals surface area contributed by atoms with E-state index in [2.05, 4.69) is 41.3 Å². The molecule has 0 radical (unpaired) electrons. The smallest absolute Gasteiger partial charge is 0.245 e. The van der Waals surface area contributed by atoms with Crippen molar-refractivity contribution in [1.29, 1.82) is 0 Å². The highest BCUT2D eigenvalue weighted by Crippen LogP contribution is 2.26. The summed E-state index contributed by atoms with van der Waals surface area (Å²) < 4.78 is 14.5. The molecule has 20 heavy (non-hydrogen) atoms. The van der Waals surface area contributed by atoms with Crippen molar-refractivity contribution < 1.29 is 4.39 Å². The van der Waals surface area contributed by atoms with Gasteiger partial charge in [-0.2, -0.15) is 4.98 Å². The fourth-order valence-electron chi connectivity index (χ4n) is 2.25. The van der Waals surface area contributed by atoms with E-state index in [1.54, 1.807) is 18.2 Å². The number of nitrogens with one attached hydrogen (secondary N) is 2. The van der Waals surface area contributed by atoms with Crippen LogP contribution in [0.4, 0.5) is 10.3 Å². The minimum absolute atomic E-state index is 0.326. The number of nitrogens with zero attached hydrogens (tertiary/aromatic N) is 3. The van der Waals surface area contributed by atoms with Gasteiger partial charge < -0.3 is 10.2 Å². The highest BCUT2D eigenvalue weighted by Gasteiger charge is 2.17. The molecule has 2 N–H and O–H groups in total. The Labute approximate surface area is 124 Å². The summed E-state index contributed by atoms with van der Waals surface area (Å²) in [7, 11) is 0. The maximum absolute atomic E-state index is 14.0. The molecule has 1 saturated heterocycles. The lowest BCUT2D eigenvalue weighted by atomic mass is 10.2. The van der Waals surface area contributed by atoms with E-state index in [4.69, 9.17) is 0 Å². The molecule has 0 spiro atoms. The lowest BCUT2D eigenvalue weighted by Gasteiger charge is -2.16. The molecule has 1 aromatic heterocycles. The van der Waals surface area contributed by atoms with Crippen LogP contribution in [0, 0.1) is 5.82 Å². The van der Waals surface area contributed by atoms with Crippen LogP contribution in [0.15, 0.2) is 22.7 Å². The molecule has 2 heterocycles. The van der Waals surface area contributed by atoms with Gasteiger partial charge in [-0.05, 0) is 41.0 Å². The number of rotatable bonds is 2. The van der Waals surface area contributed by atoms with Crippen molar-refractivity contribution in [1.82, 2.24) is 20.5 Å². The molecule has 0 atom stereocenters. The van der Waals surface area contributed by atoms with E-state index in [0.717, 1.165) is 32.6 Å². The van der Waals surface area contributed by atoms with Crippen LogP contribution < -0.4 is 10.2 Å². The first kappa shape index (κ1) is 13.5. The number of anilines is 1. The van der Waals surface area contributed by atoms with Gasteiger partial charge >= 0.3 is 0 Å². The third-order valence-corrected chi connectivity index (χ3v) is 3.92. The second-order valence-electron chi connectivity index (χ2n) is 4.68. The van der Waals surface area contributed by atoms with Gasteiger partial charge in [0, 0.05) is 19.6 Å².